The van der Waals surface area contributed by atoms with Crippen LogP contribution in [0.1, 0.15) is 12.8 Å². The van der Waals surface area contributed by atoms with E-state index in [4.69, 9.17) is 16.3 Å². The molecule has 3 rings (SSSR count). The summed E-state index contributed by atoms with van der Waals surface area (Å²) in [6.07, 6.45) is 4.37. The topological polar surface area (TPSA) is 88.6 Å². The maximum absolute atomic E-state index is 12.8. The first-order chi connectivity index (χ1) is 12.3. The second-order valence-electron chi connectivity index (χ2n) is 5.91. The van der Waals surface area contributed by atoms with E-state index in [9.17, 15) is 13.2 Å². The smallest absolute Gasteiger partial charge is 0.328 e. The second-order valence-corrected chi connectivity index (χ2v) is 9.59. The highest BCUT2D eigenvalue weighted by Gasteiger charge is 2.25. The van der Waals surface area contributed by atoms with Crippen LogP contribution < -0.4 is 10.2 Å². The molecule has 0 aliphatic carbocycles. The maximum Gasteiger partial charge on any atom is 0.328 e. The molecule has 10 heteroatoms. The van der Waals surface area contributed by atoms with Crippen LogP contribution in [-0.4, -0.2) is 44.9 Å². The number of anilines is 2. The number of urea groups is 1. The Bertz CT molecular complexity index is 877. The molecule has 0 bridgehead atoms. The SMILES string of the molecule is CS(=O)(=O)c1ccc(N(CC2CCCO2)C(=O)Nc2ncc(Cl)s2)cc1. The van der Waals surface area contributed by atoms with E-state index in [1.165, 1.54) is 23.2 Å². The number of halogens is 1. The molecular formula is C16H18ClN3O4S2. The standard InChI is InChI=1S/C16H18ClN3O4S2/c1-26(22,23)13-6-4-11(5-7-13)20(10-12-3-2-8-24-12)16(21)19-15-18-9-14(17)25-15/h4-7,9,12H,2-3,8,10H2,1H3,(H,18,19,21). The Labute approximate surface area is 160 Å². The van der Waals surface area contributed by atoms with Crippen LogP contribution in [0, 0.1) is 0 Å². The van der Waals surface area contributed by atoms with Crippen LogP contribution in [0.5, 0.6) is 0 Å². The number of thiazole rings is 1. The van der Waals surface area contributed by atoms with Crippen molar-refractivity contribution in [3.63, 3.8) is 0 Å². The Morgan fingerprint density at radius 2 is 2.15 bits per heavy atom. The summed E-state index contributed by atoms with van der Waals surface area (Å²) in [4.78, 5) is 18.5. The highest BCUT2D eigenvalue weighted by Crippen LogP contribution is 2.25. The predicted octanol–water partition coefficient (Wildman–Crippen LogP) is 3.42. The molecule has 0 spiro atoms. The number of nitrogens with one attached hydrogen (secondary N) is 1. The lowest BCUT2D eigenvalue weighted by Crippen LogP contribution is -2.40. The summed E-state index contributed by atoms with van der Waals surface area (Å²) >= 11 is 7.01. The van der Waals surface area contributed by atoms with Gasteiger partial charge in [0, 0.05) is 18.6 Å². The average molecular weight is 416 g/mol. The number of rotatable bonds is 5. The zero-order chi connectivity index (χ0) is 18.7. The molecule has 1 fully saturated rings. The quantitative estimate of drug-likeness (QED) is 0.808. The highest BCUT2D eigenvalue weighted by molar-refractivity contribution is 7.90. The van der Waals surface area contributed by atoms with E-state index in [0.29, 0.717) is 28.3 Å². The van der Waals surface area contributed by atoms with Crippen LogP contribution in [0.25, 0.3) is 0 Å². The first-order valence-corrected chi connectivity index (χ1v) is 11.0. The Morgan fingerprint density at radius 1 is 1.42 bits per heavy atom. The molecule has 7 nitrogen and oxygen atoms in total. The Morgan fingerprint density at radius 3 is 2.69 bits per heavy atom. The molecule has 140 valence electrons. The van der Waals surface area contributed by atoms with Gasteiger partial charge in [0.05, 0.1) is 23.7 Å². The fourth-order valence-electron chi connectivity index (χ4n) is 2.64. The van der Waals surface area contributed by atoms with Gasteiger partial charge in [-0.05, 0) is 37.1 Å². The highest BCUT2D eigenvalue weighted by atomic mass is 35.5. The summed E-state index contributed by atoms with van der Waals surface area (Å²) in [7, 11) is -3.30. The lowest BCUT2D eigenvalue weighted by Gasteiger charge is -2.25. The molecule has 2 heterocycles. The summed E-state index contributed by atoms with van der Waals surface area (Å²) in [6, 6.07) is 5.82. The van der Waals surface area contributed by atoms with Gasteiger partial charge in [0.1, 0.15) is 4.34 Å². The van der Waals surface area contributed by atoms with Crippen LogP contribution in [0.4, 0.5) is 15.6 Å². The fraction of sp³-hybridized carbons (Fsp3) is 0.375. The molecule has 2 amide bonds. The Kier molecular flexibility index (Phi) is 5.81. The zero-order valence-corrected chi connectivity index (χ0v) is 16.4. The minimum Gasteiger partial charge on any atom is -0.376 e. The van der Waals surface area contributed by atoms with E-state index >= 15 is 0 Å². The summed E-state index contributed by atoms with van der Waals surface area (Å²) in [6.45, 7) is 1.04. The van der Waals surface area contributed by atoms with Crippen molar-refractivity contribution in [2.24, 2.45) is 0 Å². The van der Waals surface area contributed by atoms with Gasteiger partial charge < -0.3 is 4.74 Å². The maximum atomic E-state index is 12.8. The largest absolute Gasteiger partial charge is 0.376 e. The van der Waals surface area contributed by atoms with Crippen molar-refractivity contribution >= 4 is 49.6 Å². The van der Waals surface area contributed by atoms with E-state index < -0.39 is 9.84 Å². The molecule has 1 aromatic carbocycles. The molecule has 1 aliphatic rings. The molecule has 0 saturated carbocycles. The van der Waals surface area contributed by atoms with Gasteiger partial charge in [-0.2, -0.15) is 0 Å². The van der Waals surface area contributed by atoms with Crippen LogP contribution in [0.3, 0.4) is 0 Å². The number of carbonyl (C=O) groups excluding carboxylic acids is 1. The fourth-order valence-corrected chi connectivity index (χ4v) is 4.07. The molecule has 1 aliphatic heterocycles. The normalized spacial score (nSPS) is 17.2. The third kappa shape index (κ3) is 4.73. The van der Waals surface area contributed by atoms with E-state index in [1.54, 1.807) is 12.1 Å². The van der Waals surface area contributed by atoms with E-state index in [0.717, 1.165) is 30.4 Å². The number of benzene rings is 1. The van der Waals surface area contributed by atoms with Crippen LogP contribution in [0.2, 0.25) is 4.34 Å². The number of aromatic nitrogens is 1. The van der Waals surface area contributed by atoms with Gasteiger partial charge in [-0.15, -0.1) is 0 Å². The number of amides is 2. The van der Waals surface area contributed by atoms with Crippen molar-refractivity contribution in [3.05, 3.63) is 34.8 Å². The van der Waals surface area contributed by atoms with Gasteiger partial charge in [-0.25, -0.2) is 18.2 Å². The van der Waals surface area contributed by atoms with Gasteiger partial charge in [-0.3, -0.25) is 10.2 Å². The summed E-state index contributed by atoms with van der Waals surface area (Å²) in [5.41, 5.74) is 0.577. The van der Waals surface area contributed by atoms with E-state index in [-0.39, 0.29) is 17.0 Å². The summed E-state index contributed by atoms with van der Waals surface area (Å²) < 4.78 is 29.4. The van der Waals surface area contributed by atoms with E-state index in [1.807, 2.05) is 0 Å². The third-order valence-electron chi connectivity index (χ3n) is 3.92. The molecule has 1 aromatic heterocycles. The number of nitrogens with zero attached hydrogens (tertiary/aromatic N) is 2. The first kappa shape index (κ1) is 19.1. The van der Waals surface area contributed by atoms with Gasteiger partial charge in [0.25, 0.3) is 0 Å². The molecule has 1 unspecified atom stereocenters. The summed E-state index contributed by atoms with van der Waals surface area (Å²) in [5, 5.41) is 3.11. The van der Waals surface area contributed by atoms with Crippen molar-refractivity contribution < 1.29 is 17.9 Å². The summed E-state index contributed by atoms with van der Waals surface area (Å²) in [5.74, 6) is 0. The predicted molar refractivity (Wildman–Crippen MR) is 102 cm³/mol. The van der Waals surface area contributed by atoms with Crippen molar-refractivity contribution in [2.45, 2.75) is 23.8 Å². The van der Waals surface area contributed by atoms with Crippen LogP contribution >= 0.6 is 22.9 Å². The number of ether oxygens (including phenoxy) is 1. The van der Waals surface area contributed by atoms with Gasteiger partial charge in [-0.1, -0.05) is 22.9 Å². The number of sulfone groups is 1. The van der Waals surface area contributed by atoms with Crippen molar-refractivity contribution in [1.82, 2.24) is 4.98 Å². The second kappa shape index (κ2) is 7.91. The monoisotopic (exact) mass is 415 g/mol. The minimum absolute atomic E-state index is 0.0600. The van der Waals surface area contributed by atoms with Crippen molar-refractivity contribution in [2.75, 3.05) is 29.6 Å². The van der Waals surface area contributed by atoms with E-state index in [2.05, 4.69) is 10.3 Å². The number of carbonyl (C=O) groups is 1. The molecule has 2 aromatic rings. The number of hydrogen-bond donors (Lipinski definition) is 1. The van der Waals surface area contributed by atoms with Crippen molar-refractivity contribution in [3.8, 4) is 0 Å². The molecular weight excluding hydrogens is 398 g/mol. The molecule has 1 N–H and O–H groups in total. The molecule has 26 heavy (non-hydrogen) atoms. The zero-order valence-electron chi connectivity index (χ0n) is 14.0. The Balaban J connectivity index is 1.83. The molecule has 0 radical (unpaired) electrons. The first-order valence-electron chi connectivity index (χ1n) is 7.94. The van der Waals surface area contributed by atoms with Crippen LogP contribution in [0.15, 0.2) is 35.4 Å². The minimum atomic E-state index is -3.30. The Hall–Kier alpha value is -1.68. The van der Waals surface area contributed by atoms with Gasteiger partial charge in [0.2, 0.25) is 0 Å². The number of hydrogen-bond acceptors (Lipinski definition) is 6. The van der Waals surface area contributed by atoms with Crippen LogP contribution in [-0.2, 0) is 14.6 Å². The lowest BCUT2D eigenvalue weighted by atomic mass is 10.2. The van der Waals surface area contributed by atoms with Gasteiger partial charge in [0.15, 0.2) is 15.0 Å². The van der Waals surface area contributed by atoms with Gasteiger partial charge >= 0.3 is 6.03 Å². The lowest BCUT2D eigenvalue weighted by molar-refractivity contribution is 0.116. The molecule has 1 saturated heterocycles. The average Bonchev–Trinajstić information content (AvgIpc) is 3.23. The molecule has 1 atom stereocenters. The van der Waals surface area contributed by atoms with Crippen molar-refractivity contribution in [1.29, 1.82) is 0 Å². The third-order valence-corrected chi connectivity index (χ3v) is 6.08.